The van der Waals surface area contributed by atoms with Crippen LogP contribution in [0.15, 0.2) is 12.1 Å². The number of nitrogens with one attached hydrogen (secondary N) is 2. The summed E-state index contributed by atoms with van der Waals surface area (Å²) in [5.41, 5.74) is -0.0610. The Morgan fingerprint density at radius 1 is 1.20 bits per heavy atom. The number of amides is 1. The number of likely N-dealkylation sites (N-methyl/N-ethyl adjacent to an activating group) is 1. The second kappa shape index (κ2) is 9.39. The second-order valence-electron chi connectivity index (χ2n) is 3.80. The first-order valence-electron chi connectivity index (χ1n) is 6.04. The molecule has 1 aromatic carbocycles. The highest BCUT2D eigenvalue weighted by atomic mass is 35.5. The zero-order valence-electron chi connectivity index (χ0n) is 11.8. The molecule has 114 valence electrons. The van der Waals surface area contributed by atoms with Gasteiger partial charge in [0.05, 0.1) is 19.8 Å². The minimum Gasteiger partial charge on any atom is -0.493 e. The average Bonchev–Trinajstić information content (AvgIpc) is 2.42. The molecule has 5 nitrogen and oxygen atoms in total. The smallest absolute Gasteiger partial charge is 0.254 e. The summed E-state index contributed by atoms with van der Waals surface area (Å²) in [6, 6.07) is 2.47. The fourth-order valence-electron chi connectivity index (χ4n) is 1.56. The number of ether oxygens (including phenoxy) is 2. The number of rotatable bonds is 7. The van der Waals surface area contributed by atoms with Crippen LogP contribution >= 0.6 is 12.4 Å². The summed E-state index contributed by atoms with van der Waals surface area (Å²) >= 11 is 0. The average molecular weight is 307 g/mol. The third-order valence-corrected chi connectivity index (χ3v) is 2.56. The van der Waals surface area contributed by atoms with Crippen LogP contribution in [0.5, 0.6) is 11.5 Å². The van der Waals surface area contributed by atoms with Crippen molar-refractivity contribution < 1.29 is 18.7 Å². The van der Waals surface area contributed by atoms with Gasteiger partial charge in [0.2, 0.25) is 0 Å². The van der Waals surface area contributed by atoms with Gasteiger partial charge >= 0.3 is 0 Å². The lowest BCUT2D eigenvalue weighted by molar-refractivity contribution is 0.0949. The Hall–Kier alpha value is -1.53. The van der Waals surface area contributed by atoms with Gasteiger partial charge in [0.15, 0.2) is 11.5 Å². The zero-order chi connectivity index (χ0) is 14.3. The minimum atomic E-state index is -0.640. The number of benzene rings is 1. The molecule has 1 aromatic rings. The van der Waals surface area contributed by atoms with Crippen LogP contribution in [0.1, 0.15) is 17.3 Å². The summed E-state index contributed by atoms with van der Waals surface area (Å²) in [4.78, 5) is 11.8. The maximum atomic E-state index is 13.8. The molecule has 0 fully saturated rings. The SMILES string of the molecule is CCNCCNC(=O)c1cc(OC)c(OC)cc1F.Cl. The van der Waals surface area contributed by atoms with Gasteiger partial charge in [0.1, 0.15) is 5.82 Å². The summed E-state index contributed by atoms with van der Waals surface area (Å²) in [5, 5.41) is 5.68. The van der Waals surface area contributed by atoms with Gasteiger partial charge in [-0.1, -0.05) is 6.92 Å². The van der Waals surface area contributed by atoms with Crippen LogP contribution in [0.2, 0.25) is 0 Å². The Morgan fingerprint density at radius 3 is 2.35 bits per heavy atom. The molecular formula is C13H20ClFN2O3. The predicted molar refractivity (Wildman–Crippen MR) is 77.6 cm³/mol. The third kappa shape index (κ3) is 4.86. The van der Waals surface area contributed by atoms with Crippen LogP contribution in [0.25, 0.3) is 0 Å². The van der Waals surface area contributed by atoms with Gasteiger partial charge in [0, 0.05) is 19.2 Å². The zero-order valence-corrected chi connectivity index (χ0v) is 12.6. The van der Waals surface area contributed by atoms with Gasteiger partial charge in [-0.05, 0) is 12.6 Å². The number of hydrogen-bond acceptors (Lipinski definition) is 4. The van der Waals surface area contributed by atoms with Crippen molar-refractivity contribution in [3.05, 3.63) is 23.5 Å². The van der Waals surface area contributed by atoms with E-state index in [0.29, 0.717) is 18.8 Å². The molecule has 0 radical (unpaired) electrons. The maximum Gasteiger partial charge on any atom is 0.254 e. The molecule has 0 bridgehead atoms. The van der Waals surface area contributed by atoms with Crippen molar-refractivity contribution in [3.63, 3.8) is 0 Å². The largest absolute Gasteiger partial charge is 0.493 e. The van der Waals surface area contributed by atoms with E-state index in [1.54, 1.807) is 0 Å². The normalized spacial score (nSPS) is 9.60. The molecule has 0 heterocycles. The van der Waals surface area contributed by atoms with E-state index in [1.165, 1.54) is 20.3 Å². The van der Waals surface area contributed by atoms with E-state index >= 15 is 0 Å². The van der Waals surface area contributed by atoms with Crippen LogP contribution < -0.4 is 20.1 Å². The molecule has 0 aromatic heterocycles. The fourth-order valence-corrected chi connectivity index (χ4v) is 1.56. The summed E-state index contributed by atoms with van der Waals surface area (Å²) < 4.78 is 23.8. The monoisotopic (exact) mass is 306 g/mol. The van der Waals surface area contributed by atoms with Crippen molar-refractivity contribution in [3.8, 4) is 11.5 Å². The van der Waals surface area contributed by atoms with E-state index in [-0.39, 0.29) is 23.7 Å². The van der Waals surface area contributed by atoms with Crippen LogP contribution in [-0.4, -0.2) is 39.8 Å². The first-order chi connectivity index (χ1) is 9.13. The van der Waals surface area contributed by atoms with E-state index < -0.39 is 11.7 Å². The van der Waals surface area contributed by atoms with Gasteiger partial charge in [-0.15, -0.1) is 12.4 Å². The molecule has 0 aliphatic rings. The Labute approximate surface area is 124 Å². The number of carbonyl (C=O) groups excluding carboxylic acids is 1. The Bertz CT molecular complexity index is 444. The molecule has 1 rings (SSSR count). The predicted octanol–water partition coefficient (Wildman–Crippen LogP) is 1.60. The van der Waals surface area contributed by atoms with E-state index in [2.05, 4.69) is 10.6 Å². The Kier molecular flexibility index (Phi) is 8.67. The molecule has 0 saturated carbocycles. The molecule has 0 spiro atoms. The van der Waals surface area contributed by atoms with Crippen molar-refractivity contribution in [1.82, 2.24) is 10.6 Å². The molecule has 20 heavy (non-hydrogen) atoms. The quantitative estimate of drug-likeness (QED) is 0.751. The molecule has 0 aliphatic carbocycles. The lowest BCUT2D eigenvalue weighted by atomic mass is 10.1. The summed E-state index contributed by atoms with van der Waals surface area (Å²) in [7, 11) is 2.84. The van der Waals surface area contributed by atoms with E-state index in [9.17, 15) is 9.18 Å². The highest BCUT2D eigenvalue weighted by molar-refractivity contribution is 5.95. The number of hydrogen-bond donors (Lipinski definition) is 2. The topological polar surface area (TPSA) is 59.6 Å². The van der Waals surface area contributed by atoms with Gasteiger partial charge < -0.3 is 20.1 Å². The van der Waals surface area contributed by atoms with Crippen LogP contribution in [0.3, 0.4) is 0 Å². The van der Waals surface area contributed by atoms with Crippen molar-refractivity contribution in [2.45, 2.75) is 6.92 Å². The molecule has 7 heteroatoms. The lowest BCUT2D eigenvalue weighted by Gasteiger charge is -2.11. The van der Waals surface area contributed by atoms with Gasteiger partial charge in [-0.25, -0.2) is 4.39 Å². The molecule has 2 N–H and O–H groups in total. The van der Waals surface area contributed by atoms with E-state index in [4.69, 9.17) is 9.47 Å². The first-order valence-corrected chi connectivity index (χ1v) is 6.04. The van der Waals surface area contributed by atoms with Crippen molar-refractivity contribution in [2.24, 2.45) is 0 Å². The van der Waals surface area contributed by atoms with Gasteiger partial charge in [0.25, 0.3) is 5.91 Å². The maximum absolute atomic E-state index is 13.8. The van der Waals surface area contributed by atoms with Crippen LogP contribution in [-0.2, 0) is 0 Å². The van der Waals surface area contributed by atoms with E-state index in [0.717, 1.165) is 12.6 Å². The minimum absolute atomic E-state index is 0. The molecule has 0 saturated heterocycles. The van der Waals surface area contributed by atoms with Crippen LogP contribution in [0, 0.1) is 5.82 Å². The molecule has 0 aliphatic heterocycles. The lowest BCUT2D eigenvalue weighted by Crippen LogP contribution is -2.32. The molecular weight excluding hydrogens is 287 g/mol. The van der Waals surface area contributed by atoms with E-state index in [1.807, 2.05) is 6.92 Å². The first kappa shape index (κ1) is 18.5. The summed E-state index contributed by atoms with van der Waals surface area (Å²) in [6.45, 7) is 3.86. The summed E-state index contributed by atoms with van der Waals surface area (Å²) in [6.07, 6.45) is 0. The van der Waals surface area contributed by atoms with Gasteiger partial charge in [-0.3, -0.25) is 4.79 Å². The molecule has 0 atom stereocenters. The fraction of sp³-hybridized carbons (Fsp3) is 0.462. The molecule has 0 unspecified atom stereocenters. The van der Waals surface area contributed by atoms with Gasteiger partial charge in [-0.2, -0.15) is 0 Å². The third-order valence-electron chi connectivity index (χ3n) is 2.56. The number of methoxy groups -OCH3 is 2. The number of carbonyl (C=O) groups is 1. The standard InChI is InChI=1S/C13H19FN2O3.ClH/c1-4-15-5-6-16-13(17)9-7-11(18-2)12(19-3)8-10(9)14;/h7-8,15H,4-6H2,1-3H3,(H,16,17);1H. The Morgan fingerprint density at radius 2 is 1.80 bits per heavy atom. The van der Waals surface area contributed by atoms with Crippen molar-refractivity contribution in [1.29, 1.82) is 0 Å². The van der Waals surface area contributed by atoms with Crippen LogP contribution in [0.4, 0.5) is 4.39 Å². The second-order valence-corrected chi connectivity index (χ2v) is 3.80. The van der Waals surface area contributed by atoms with Crippen molar-refractivity contribution in [2.75, 3.05) is 33.9 Å². The number of halogens is 2. The molecule has 1 amide bonds. The highest BCUT2D eigenvalue weighted by Gasteiger charge is 2.16. The van der Waals surface area contributed by atoms with Crippen molar-refractivity contribution >= 4 is 18.3 Å². The Balaban J connectivity index is 0.00000361. The summed E-state index contributed by atoms with van der Waals surface area (Å²) in [5.74, 6) is -0.542. The highest BCUT2D eigenvalue weighted by Crippen LogP contribution is 2.29.